The van der Waals surface area contributed by atoms with Gasteiger partial charge in [-0.3, -0.25) is 14.9 Å². The summed E-state index contributed by atoms with van der Waals surface area (Å²) < 4.78 is 0. The molecule has 6 nitrogen and oxygen atoms in total. The molecule has 2 rings (SSSR count). The highest BCUT2D eigenvalue weighted by molar-refractivity contribution is 5.94. The van der Waals surface area contributed by atoms with Crippen LogP contribution in [0.25, 0.3) is 0 Å². The monoisotopic (exact) mass is 250 g/mol. The van der Waals surface area contributed by atoms with E-state index < -0.39 is 4.92 Å². The number of hydrogen-bond donors (Lipinski definition) is 1. The number of hydrogen-bond acceptors (Lipinski definition) is 3. The van der Waals surface area contributed by atoms with Crippen molar-refractivity contribution in [2.45, 2.75) is 0 Å². The maximum absolute atomic E-state index is 12.2. The molecule has 6 heteroatoms. The zero-order valence-electron chi connectivity index (χ0n) is 10.3. The Morgan fingerprint density at radius 3 is 2.67 bits per heavy atom. The lowest BCUT2D eigenvalue weighted by Gasteiger charge is -2.30. The van der Waals surface area contributed by atoms with Crippen LogP contribution in [0.2, 0.25) is 0 Å². The summed E-state index contributed by atoms with van der Waals surface area (Å²) in [7, 11) is 2.09. The minimum Gasteiger partial charge on any atom is -0.334 e. The Balaban J connectivity index is 2.13. The third kappa shape index (κ3) is 2.65. The number of nitrogens with one attached hydrogen (secondary N) is 1. The normalized spacial score (nSPS) is 16.6. The summed E-state index contributed by atoms with van der Waals surface area (Å²) in [5.41, 5.74) is 0.351. The first-order valence-corrected chi connectivity index (χ1v) is 5.93. The molecule has 18 heavy (non-hydrogen) atoms. The molecule has 1 saturated heterocycles. The second-order valence-corrected chi connectivity index (χ2v) is 4.56. The van der Waals surface area contributed by atoms with E-state index in [-0.39, 0.29) is 11.6 Å². The number of carbonyl (C=O) groups excluding carboxylic acids is 1. The topological polar surface area (TPSA) is 67.9 Å². The van der Waals surface area contributed by atoms with Gasteiger partial charge in [0.15, 0.2) is 0 Å². The molecule has 0 atom stereocenters. The third-order valence-corrected chi connectivity index (χ3v) is 3.21. The van der Waals surface area contributed by atoms with Crippen molar-refractivity contribution in [1.82, 2.24) is 4.90 Å². The molecule has 0 aromatic heterocycles. The smallest absolute Gasteiger partial charge is 0.270 e. The van der Waals surface area contributed by atoms with Gasteiger partial charge in [0, 0.05) is 17.7 Å². The van der Waals surface area contributed by atoms with Crippen LogP contribution in [0.4, 0.5) is 5.69 Å². The molecule has 96 valence electrons. The Morgan fingerprint density at radius 2 is 2.06 bits per heavy atom. The molecule has 0 aliphatic carbocycles. The van der Waals surface area contributed by atoms with E-state index in [1.807, 2.05) is 0 Å². The minimum absolute atomic E-state index is 0.0411. The van der Waals surface area contributed by atoms with Gasteiger partial charge >= 0.3 is 0 Å². The van der Waals surface area contributed by atoms with Gasteiger partial charge in [-0.1, -0.05) is 6.07 Å². The molecule has 1 aliphatic heterocycles. The van der Waals surface area contributed by atoms with Crippen LogP contribution in [0.1, 0.15) is 10.4 Å². The van der Waals surface area contributed by atoms with Crippen LogP contribution < -0.4 is 4.90 Å². The number of nitro benzene ring substituents is 1. The number of benzene rings is 1. The van der Waals surface area contributed by atoms with Gasteiger partial charge in [0.2, 0.25) is 0 Å². The molecule has 1 aromatic carbocycles. The number of piperazine rings is 1. The lowest BCUT2D eigenvalue weighted by atomic mass is 10.1. The zero-order valence-corrected chi connectivity index (χ0v) is 10.3. The number of nitro groups is 1. The lowest BCUT2D eigenvalue weighted by molar-refractivity contribution is -0.883. The van der Waals surface area contributed by atoms with Gasteiger partial charge in [-0.2, -0.15) is 0 Å². The molecule has 0 saturated carbocycles. The summed E-state index contributed by atoms with van der Waals surface area (Å²) >= 11 is 0. The van der Waals surface area contributed by atoms with E-state index in [4.69, 9.17) is 0 Å². The van der Waals surface area contributed by atoms with Crippen molar-refractivity contribution < 1.29 is 14.6 Å². The number of likely N-dealkylation sites (N-methyl/N-ethyl adjacent to an activating group) is 1. The van der Waals surface area contributed by atoms with Crippen molar-refractivity contribution in [2.24, 2.45) is 0 Å². The van der Waals surface area contributed by atoms with E-state index in [1.54, 1.807) is 17.0 Å². The highest BCUT2D eigenvalue weighted by Gasteiger charge is 2.23. The second kappa shape index (κ2) is 5.14. The molecule has 0 radical (unpaired) electrons. The molecule has 0 bridgehead atoms. The summed E-state index contributed by atoms with van der Waals surface area (Å²) in [4.78, 5) is 25.5. The molecule has 1 N–H and O–H groups in total. The van der Waals surface area contributed by atoms with Gasteiger partial charge in [0.25, 0.3) is 11.6 Å². The van der Waals surface area contributed by atoms with Crippen molar-refractivity contribution in [1.29, 1.82) is 0 Å². The highest BCUT2D eigenvalue weighted by atomic mass is 16.6. The number of amides is 1. The largest absolute Gasteiger partial charge is 0.334 e. The molecule has 0 spiro atoms. The quantitative estimate of drug-likeness (QED) is 0.572. The van der Waals surface area contributed by atoms with Crippen LogP contribution in [-0.2, 0) is 0 Å². The van der Waals surface area contributed by atoms with E-state index in [9.17, 15) is 14.9 Å². The SMILES string of the molecule is C[NH+]1CCN(C(=O)c2cccc([N+](=O)[O-])c2)CC1. The van der Waals surface area contributed by atoms with Gasteiger partial charge in [-0.05, 0) is 6.07 Å². The minimum atomic E-state index is -0.481. The Bertz CT molecular complexity index is 467. The van der Waals surface area contributed by atoms with Crippen molar-refractivity contribution in [3.05, 3.63) is 39.9 Å². The summed E-state index contributed by atoms with van der Waals surface area (Å²) in [5, 5.41) is 10.7. The predicted octanol–water partition coefficient (Wildman–Crippen LogP) is -0.435. The Kier molecular flexibility index (Phi) is 3.57. The first kappa shape index (κ1) is 12.5. The fourth-order valence-electron chi connectivity index (χ4n) is 2.03. The maximum Gasteiger partial charge on any atom is 0.270 e. The van der Waals surface area contributed by atoms with Crippen LogP contribution in [0, 0.1) is 10.1 Å². The second-order valence-electron chi connectivity index (χ2n) is 4.56. The van der Waals surface area contributed by atoms with E-state index in [0.29, 0.717) is 18.7 Å². The van der Waals surface area contributed by atoms with E-state index >= 15 is 0 Å². The lowest BCUT2D eigenvalue weighted by Crippen LogP contribution is -3.12. The number of carbonyl (C=O) groups is 1. The van der Waals surface area contributed by atoms with Gasteiger partial charge in [-0.25, -0.2) is 0 Å². The average molecular weight is 250 g/mol. The summed E-state index contributed by atoms with van der Waals surface area (Å²) in [6.45, 7) is 3.24. The number of quaternary nitrogens is 1. The third-order valence-electron chi connectivity index (χ3n) is 3.21. The molecular weight excluding hydrogens is 234 g/mol. The fourth-order valence-corrected chi connectivity index (χ4v) is 2.03. The van der Waals surface area contributed by atoms with Crippen LogP contribution in [0.15, 0.2) is 24.3 Å². The Morgan fingerprint density at radius 1 is 1.39 bits per heavy atom. The molecular formula is C12H16N3O3+. The van der Waals surface area contributed by atoms with Crippen molar-refractivity contribution in [3.63, 3.8) is 0 Å². The van der Waals surface area contributed by atoms with E-state index in [0.717, 1.165) is 13.1 Å². The van der Waals surface area contributed by atoms with Gasteiger partial charge in [-0.15, -0.1) is 0 Å². The molecule has 1 aliphatic rings. The van der Waals surface area contributed by atoms with Crippen molar-refractivity contribution in [2.75, 3.05) is 33.2 Å². The van der Waals surface area contributed by atoms with Gasteiger partial charge in [0.05, 0.1) is 38.2 Å². The standard InChI is InChI=1S/C12H15N3O3/c1-13-5-7-14(8-6-13)12(16)10-3-2-4-11(9-10)15(17)18/h2-4,9H,5-8H2,1H3/p+1. The van der Waals surface area contributed by atoms with Crippen molar-refractivity contribution >= 4 is 11.6 Å². The Hall–Kier alpha value is -1.95. The zero-order chi connectivity index (χ0) is 13.1. The summed E-state index contributed by atoms with van der Waals surface area (Å²) in [5.74, 6) is -0.119. The van der Waals surface area contributed by atoms with Crippen LogP contribution >= 0.6 is 0 Å². The van der Waals surface area contributed by atoms with Crippen LogP contribution in [0.3, 0.4) is 0 Å². The maximum atomic E-state index is 12.2. The number of non-ortho nitro benzene ring substituents is 1. The highest BCUT2D eigenvalue weighted by Crippen LogP contribution is 2.14. The molecule has 1 amide bonds. The summed E-state index contributed by atoms with van der Waals surface area (Å²) in [6, 6.07) is 5.91. The van der Waals surface area contributed by atoms with Crippen LogP contribution in [-0.4, -0.2) is 49.0 Å². The average Bonchev–Trinajstić information content (AvgIpc) is 2.39. The van der Waals surface area contributed by atoms with E-state index in [2.05, 4.69) is 7.05 Å². The van der Waals surface area contributed by atoms with Crippen LogP contribution in [0.5, 0.6) is 0 Å². The fraction of sp³-hybridized carbons (Fsp3) is 0.417. The molecule has 1 fully saturated rings. The summed E-state index contributed by atoms with van der Waals surface area (Å²) in [6.07, 6.45) is 0. The first-order valence-electron chi connectivity index (χ1n) is 5.93. The van der Waals surface area contributed by atoms with Crippen molar-refractivity contribution in [3.8, 4) is 0 Å². The predicted molar refractivity (Wildman–Crippen MR) is 65.6 cm³/mol. The van der Waals surface area contributed by atoms with Gasteiger partial charge in [0.1, 0.15) is 0 Å². The molecule has 1 aromatic rings. The first-order chi connectivity index (χ1) is 8.58. The Labute approximate surface area is 105 Å². The molecule has 0 unspecified atom stereocenters. The van der Waals surface area contributed by atoms with Gasteiger partial charge < -0.3 is 9.80 Å². The number of rotatable bonds is 2. The number of nitrogens with zero attached hydrogens (tertiary/aromatic N) is 2. The molecule has 1 heterocycles. The van der Waals surface area contributed by atoms with E-state index in [1.165, 1.54) is 17.0 Å².